The Morgan fingerprint density at radius 1 is 1.07 bits per heavy atom. The Kier molecular flexibility index (Phi) is 6.22. The molecule has 0 atom stereocenters. The van der Waals surface area contributed by atoms with Crippen molar-refractivity contribution in [3.05, 3.63) is 86.6 Å². The van der Waals surface area contributed by atoms with E-state index < -0.39 is 0 Å². The second kappa shape index (κ2) is 9.02. The monoisotopic (exact) mass is 533 g/mol. The van der Waals surface area contributed by atoms with Crippen LogP contribution < -0.4 is 10.2 Å². The molecule has 1 aromatic heterocycles. The smallest absolute Gasteiger partial charge is 0.204 e. The van der Waals surface area contributed by atoms with Gasteiger partial charge in [-0.3, -0.25) is 5.43 Å². The minimum Gasteiger partial charge on any atom is -0.486 e. The standard InChI is InChI=1S/C21H14Br2FN3OS/c22-15-9-13(11-25-27-21-26-18-7-3-4-8-19(18)29-21)10-16(23)20(15)28-12-14-5-1-2-6-17(14)24/h1-11H,12H2,(H,26,27)/b25-11-. The average Bonchev–Trinajstić information content (AvgIpc) is 3.11. The zero-order chi connectivity index (χ0) is 20.2. The molecule has 0 aliphatic rings. The molecule has 0 radical (unpaired) electrons. The Morgan fingerprint density at radius 3 is 2.55 bits per heavy atom. The van der Waals surface area contributed by atoms with Gasteiger partial charge >= 0.3 is 0 Å². The van der Waals surface area contributed by atoms with E-state index in [4.69, 9.17) is 4.74 Å². The number of anilines is 1. The summed E-state index contributed by atoms with van der Waals surface area (Å²) in [5, 5.41) is 4.99. The van der Waals surface area contributed by atoms with Crippen LogP contribution in [0.4, 0.5) is 9.52 Å². The third-order valence-corrected chi connectivity index (χ3v) is 6.14. The maximum absolute atomic E-state index is 13.8. The molecule has 4 rings (SSSR count). The van der Waals surface area contributed by atoms with Gasteiger partial charge in [-0.1, -0.05) is 41.7 Å². The van der Waals surface area contributed by atoms with Gasteiger partial charge in [-0.25, -0.2) is 9.37 Å². The normalized spacial score (nSPS) is 11.3. The highest BCUT2D eigenvalue weighted by Gasteiger charge is 2.10. The number of ether oxygens (including phenoxy) is 1. The zero-order valence-corrected chi connectivity index (χ0v) is 18.9. The zero-order valence-electron chi connectivity index (χ0n) is 14.9. The van der Waals surface area contributed by atoms with Crippen molar-refractivity contribution in [2.45, 2.75) is 6.61 Å². The van der Waals surface area contributed by atoms with Crippen LogP contribution in [0, 0.1) is 5.82 Å². The number of nitrogens with zero attached hydrogens (tertiary/aromatic N) is 2. The third-order valence-electron chi connectivity index (χ3n) is 4.02. The van der Waals surface area contributed by atoms with Crippen molar-refractivity contribution in [1.29, 1.82) is 0 Å². The fourth-order valence-corrected chi connectivity index (χ4v) is 4.91. The van der Waals surface area contributed by atoms with Gasteiger partial charge in [-0.2, -0.15) is 5.10 Å². The number of para-hydroxylation sites is 1. The fourth-order valence-electron chi connectivity index (χ4n) is 2.64. The van der Waals surface area contributed by atoms with E-state index in [2.05, 4.69) is 47.4 Å². The molecule has 146 valence electrons. The number of rotatable bonds is 6. The molecule has 0 fully saturated rings. The molecule has 1 heterocycles. The Labute approximate surface area is 187 Å². The number of aromatic nitrogens is 1. The SMILES string of the molecule is Fc1ccccc1COc1c(Br)cc(/C=N\Nc2nc3ccccc3s2)cc1Br. The van der Waals surface area contributed by atoms with Crippen LogP contribution in [0.2, 0.25) is 0 Å². The minimum absolute atomic E-state index is 0.135. The lowest BCUT2D eigenvalue weighted by Crippen LogP contribution is -2.00. The van der Waals surface area contributed by atoms with Gasteiger partial charge in [0, 0.05) is 5.56 Å². The van der Waals surface area contributed by atoms with Crippen LogP contribution in [0.25, 0.3) is 10.2 Å². The van der Waals surface area contributed by atoms with E-state index in [1.807, 2.05) is 36.4 Å². The number of fused-ring (bicyclic) bond motifs is 1. The number of benzene rings is 3. The summed E-state index contributed by atoms with van der Waals surface area (Å²) in [6.45, 7) is 0.135. The van der Waals surface area contributed by atoms with E-state index in [0.717, 1.165) is 29.9 Å². The summed E-state index contributed by atoms with van der Waals surface area (Å²) in [5.74, 6) is 0.314. The van der Waals surface area contributed by atoms with Crippen molar-refractivity contribution in [2.75, 3.05) is 5.43 Å². The summed E-state index contributed by atoms with van der Waals surface area (Å²) in [6, 6.07) is 18.2. The Hall–Kier alpha value is -2.29. The molecule has 1 N–H and O–H groups in total. The number of hydrogen-bond donors (Lipinski definition) is 1. The molecule has 0 aliphatic carbocycles. The van der Waals surface area contributed by atoms with Crippen molar-refractivity contribution in [3.8, 4) is 5.75 Å². The lowest BCUT2D eigenvalue weighted by molar-refractivity contribution is 0.296. The number of thiazole rings is 1. The molecule has 0 aliphatic heterocycles. The van der Waals surface area contributed by atoms with Crippen LogP contribution in [-0.4, -0.2) is 11.2 Å². The van der Waals surface area contributed by atoms with E-state index in [9.17, 15) is 4.39 Å². The van der Waals surface area contributed by atoms with Gasteiger partial charge in [0.2, 0.25) is 5.13 Å². The first-order chi connectivity index (χ1) is 14.1. The van der Waals surface area contributed by atoms with E-state index in [-0.39, 0.29) is 12.4 Å². The van der Waals surface area contributed by atoms with Gasteiger partial charge in [0.05, 0.1) is 25.4 Å². The fraction of sp³-hybridized carbons (Fsp3) is 0.0476. The minimum atomic E-state index is -0.288. The molecular formula is C21H14Br2FN3OS. The van der Waals surface area contributed by atoms with E-state index in [1.54, 1.807) is 35.8 Å². The molecule has 0 amide bonds. The number of nitrogens with one attached hydrogen (secondary N) is 1. The molecular weight excluding hydrogens is 521 g/mol. The molecule has 4 nitrogen and oxygen atoms in total. The Morgan fingerprint density at radius 2 is 1.79 bits per heavy atom. The maximum atomic E-state index is 13.8. The summed E-state index contributed by atoms with van der Waals surface area (Å²) in [7, 11) is 0. The second-order valence-electron chi connectivity index (χ2n) is 6.05. The highest BCUT2D eigenvalue weighted by atomic mass is 79.9. The molecule has 0 unspecified atom stereocenters. The van der Waals surface area contributed by atoms with Crippen molar-refractivity contribution in [3.63, 3.8) is 0 Å². The van der Waals surface area contributed by atoms with E-state index in [0.29, 0.717) is 11.3 Å². The van der Waals surface area contributed by atoms with Gasteiger partial charge in [0.15, 0.2) is 0 Å². The lowest BCUT2D eigenvalue weighted by atomic mass is 10.2. The molecule has 0 saturated carbocycles. The van der Waals surface area contributed by atoms with Crippen LogP contribution in [0.15, 0.2) is 74.7 Å². The van der Waals surface area contributed by atoms with Gasteiger partial charge in [0.1, 0.15) is 18.2 Å². The summed E-state index contributed by atoms with van der Waals surface area (Å²) >= 11 is 8.56. The molecule has 0 bridgehead atoms. The number of hydrazone groups is 1. The maximum Gasteiger partial charge on any atom is 0.204 e. The summed E-state index contributed by atoms with van der Waals surface area (Å²) in [5.41, 5.74) is 5.26. The predicted octanol–water partition coefficient (Wildman–Crippen LogP) is 6.99. The third kappa shape index (κ3) is 4.83. The summed E-state index contributed by atoms with van der Waals surface area (Å²) < 4.78 is 22.2. The van der Waals surface area contributed by atoms with Crippen molar-refractivity contribution in [1.82, 2.24) is 4.98 Å². The summed E-state index contributed by atoms with van der Waals surface area (Å²) in [6.07, 6.45) is 1.70. The molecule has 0 saturated heterocycles. The van der Waals surface area contributed by atoms with E-state index >= 15 is 0 Å². The predicted molar refractivity (Wildman–Crippen MR) is 123 cm³/mol. The van der Waals surface area contributed by atoms with Crippen molar-refractivity contribution >= 4 is 64.8 Å². The van der Waals surface area contributed by atoms with E-state index in [1.165, 1.54) is 6.07 Å². The largest absolute Gasteiger partial charge is 0.486 e. The molecule has 3 aromatic carbocycles. The van der Waals surface area contributed by atoms with Gasteiger partial charge in [-0.15, -0.1) is 0 Å². The van der Waals surface area contributed by atoms with Gasteiger partial charge < -0.3 is 4.74 Å². The first-order valence-corrected chi connectivity index (χ1v) is 11.0. The Bertz CT molecular complexity index is 1140. The van der Waals surface area contributed by atoms with Crippen LogP contribution in [0.5, 0.6) is 5.75 Å². The average molecular weight is 535 g/mol. The van der Waals surface area contributed by atoms with Gasteiger partial charge in [-0.05, 0) is 67.8 Å². The molecule has 29 heavy (non-hydrogen) atoms. The number of halogens is 3. The summed E-state index contributed by atoms with van der Waals surface area (Å²) in [4.78, 5) is 4.48. The van der Waals surface area contributed by atoms with Crippen molar-refractivity contribution in [2.24, 2.45) is 5.10 Å². The van der Waals surface area contributed by atoms with Crippen LogP contribution in [0.3, 0.4) is 0 Å². The van der Waals surface area contributed by atoms with Crippen LogP contribution >= 0.6 is 43.2 Å². The highest BCUT2D eigenvalue weighted by Crippen LogP contribution is 2.35. The molecule has 8 heteroatoms. The molecule has 4 aromatic rings. The van der Waals surface area contributed by atoms with Crippen molar-refractivity contribution < 1.29 is 9.13 Å². The van der Waals surface area contributed by atoms with Crippen LogP contribution in [0.1, 0.15) is 11.1 Å². The lowest BCUT2D eigenvalue weighted by Gasteiger charge is -2.11. The highest BCUT2D eigenvalue weighted by molar-refractivity contribution is 9.11. The van der Waals surface area contributed by atoms with Crippen LogP contribution in [-0.2, 0) is 6.61 Å². The molecule has 0 spiro atoms. The number of hydrogen-bond acceptors (Lipinski definition) is 5. The quantitative estimate of drug-likeness (QED) is 0.214. The Balaban J connectivity index is 1.44. The first-order valence-electron chi connectivity index (χ1n) is 8.60. The second-order valence-corrected chi connectivity index (χ2v) is 8.79. The van der Waals surface area contributed by atoms with Gasteiger partial charge in [0.25, 0.3) is 0 Å². The topological polar surface area (TPSA) is 46.5 Å². The first kappa shape index (κ1) is 20.0.